The molecule has 9 unspecified atom stereocenters. The van der Waals surface area contributed by atoms with Crippen molar-refractivity contribution in [3.8, 4) is 0 Å². The zero-order valence-corrected chi connectivity index (χ0v) is 34.5. The summed E-state index contributed by atoms with van der Waals surface area (Å²) in [7, 11) is 0. The standard InChI is InChI=1S/C43H85NO10/c1-3-5-7-9-11-12-13-14-15-16-17-18-19-20-21-22-23-24-25-27-29-31-36(47)42(52)44-34(38(48)35(46)30-28-26-10-8-6-4-2)33-53-43-41(51)40(50)39(49)37(32-45)54-43/h34-41,43,45-51H,3-33H2,1-2H3,(H,44,52). The van der Waals surface area contributed by atoms with Crippen LogP contribution in [0.2, 0.25) is 0 Å². The molecule has 54 heavy (non-hydrogen) atoms. The van der Waals surface area contributed by atoms with Gasteiger partial charge in [-0.15, -0.1) is 0 Å². The van der Waals surface area contributed by atoms with E-state index >= 15 is 0 Å². The number of amides is 1. The Kier molecular flexibility index (Phi) is 32.4. The van der Waals surface area contributed by atoms with Crippen LogP contribution in [0.3, 0.4) is 0 Å². The van der Waals surface area contributed by atoms with Gasteiger partial charge in [0.1, 0.15) is 36.6 Å². The van der Waals surface area contributed by atoms with Crippen LogP contribution in [-0.2, 0) is 14.3 Å². The second kappa shape index (κ2) is 34.2. The van der Waals surface area contributed by atoms with E-state index in [-0.39, 0.29) is 6.42 Å². The third-order valence-corrected chi connectivity index (χ3v) is 11.2. The zero-order valence-electron chi connectivity index (χ0n) is 34.5. The van der Waals surface area contributed by atoms with Crippen LogP contribution in [0, 0.1) is 0 Å². The van der Waals surface area contributed by atoms with Gasteiger partial charge in [-0.3, -0.25) is 4.79 Å². The van der Waals surface area contributed by atoms with Gasteiger partial charge in [-0.05, 0) is 12.8 Å². The summed E-state index contributed by atoms with van der Waals surface area (Å²) in [5.41, 5.74) is 0. The summed E-state index contributed by atoms with van der Waals surface area (Å²) < 4.78 is 11.0. The molecule has 0 spiro atoms. The molecule has 1 saturated heterocycles. The van der Waals surface area contributed by atoms with E-state index in [0.29, 0.717) is 19.3 Å². The number of carbonyl (C=O) groups excluding carboxylic acids is 1. The molecule has 1 fully saturated rings. The van der Waals surface area contributed by atoms with E-state index in [0.717, 1.165) is 51.4 Å². The summed E-state index contributed by atoms with van der Waals surface area (Å²) in [4.78, 5) is 13.0. The summed E-state index contributed by atoms with van der Waals surface area (Å²) in [6.07, 6.45) is 22.1. The summed E-state index contributed by atoms with van der Waals surface area (Å²) in [6, 6.07) is -1.16. The SMILES string of the molecule is CCCCCCCCCCCCCCCCCCCCCCCC(O)C(=O)NC(COC1OC(CO)C(O)C(O)C1O)C(O)C(O)CCCCCCCC. The van der Waals surface area contributed by atoms with E-state index in [1.165, 1.54) is 109 Å². The minimum absolute atomic E-state index is 0.265. The van der Waals surface area contributed by atoms with Gasteiger partial charge in [-0.25, -0.2) is 0 Å². The average Bonchev–Trinajstić information content (AvgIpc) is 3.17. The molecule has 1 heterocycles. The van der Waals surface area contributed by atoms with Gasteiger partial charge >= 0.3 is 0 Å². The summed E-state index contributed by atoms with van der Waals surface area (Å²) >= 11 is 0. The first-order valence-electron chi connectivity index (χ1n) is 22.4. The Balaban J connectivity index is 2.31. The van der Waals surface area contributed by atoms with Crippen molar-refractivity contribution in [2.24, 2.45) is 0 Å². The van der Waals surface area contributed by atoms with Crippen LogP contribution < -0.4 is 5.32 Å². The van der Waals surface area contributed by atoms with E-state index in [2.05, 4.69) is 19.2 Å². The number of aliphatic hydroxyl groups is 7. The number of ether oxygens (including phenoxy) is 2. The maximum Gasteiger partial charge on any atom is 0.249 e. The summed E-state index contributed by atoms with van der Waals surface area (Å²) in [5, 5.41) is 75.1. The first-order valence-corrected chi connectivity index (χ1v) is 22.4. The second-order valence-electron chi connectivity index (χ2n) is 16.1. The number of hydrogen-bond acceptors (Lipinski definition) is 10. The van der Waals surface area contributed by atoms with Crippen LogP contribution in [-0.4, -0.2) is 110 Å². The summed E-state index contributed by atoms with van der Waals surface area (Å²) in [5.74, 6) is -0.698. The van der Waals surface area contributed by atoms with Gasteiger partial charge in [0.2, 0.25) is 5.91 Å². The van der Waals surface area contributed by atoms with Crippen molar-refractivity contribution in [2.45, 2.75) is 255 Å². The number of nitrogens with one attached hydrogen (secondary N) is 1. The van der Waals surface area contributed by atoms with Crippen molar-refractivity contribution >= 4 is 5.91 Å². The van der Waals surface area contributed by atoms with Gasteiger partial charge in [0, 0.05) is 0 Å². The Bertz CT molecular complexity index is 851. The number of aliphatic hydroxyl groups excluding tert-OH is 7. The van der Waals surface area contributed by atoms with E-state index < -0.39 is 74.2 Å². The normalized spacial score (nSPS) is 22.6. The highest BCUT2D eigenvalue weighted by molar-refractivity contribution is 5.80. The molecular formula is C43H85NO10. The van der Waals surface area contributed by atoms with E-state index in [4.69, 9.17) is 9.47 Å². The van der Waals surface area contributed by atoms with Crippen molar-refractivity contribution in [1.29, 1.82) is 0 Å². The topological polar surface area (TPSA) is 189 Å². The lowest BCUT2D eigenvalue weighted by Crippen LogP contribution is -2.60. The van der Waals surface area contributed by atoms with Crippen molar-refractivity contribution < 1.29 is 50.0 Å². The maximum atomic E-state index is 13.0. The first-order chi connectivity index (χ1) is 26.2. The van der Waals surface area contributed by atoms with Crippen LogP contribution in [0.4, 0.5) is 0 Å². The van der Waals surface area contributed by atoms with Crippen molar-refractivity contribution in [2.75, 3.05) is 13.2 Å². The number of carbonyl (C=O) groups is 1. The third-order valence-electron chi connectivity index (χ3n) is 11.2. The van der Waals surface area contributed by atoms with Crippen molar-refractivity contribution in [3.05, 3.63) is 0 Å². The lowest BCUT2D eigenvalue weighted by Gasteiger charge is -2.40. The van der Waals surface area contributed by atoms with Gasteiger partial charge in [0.05, 0.1) is 25.4 Å². The molecule has 8 N–H and O–H groups in total. The molecule has 1 rings (SSSR count). The Morgan fingerprint density at radius 3 is 1.37 bits per heavy atom. The largest absolute Gasteiger partial charge is 0.394 e. The zero-order chi connectivity index (χ0) is 39.8. The molecule has 11 heteroatoms. The molecule has 0 saturated carbocycles. The Hall–Kier alpha value is -0.890. The first kappa shape index (κ1) is 51.1. The maximum absolute atomic E-state index is 13.0. The molecular weight excluding hydrogens is 690 g/mol. The molecule has 0 bridgehead atoms. The van der Waals surface area contributed by atoms with Gasteiger partial charge in [-0.2, -0.15) is 0 Å². The fraction of sp³-hybridized carbons (Fsp3) is 0.977. The van der Waals surface area contributed by atoms with Gasteiger partial charge in [0.25, 0.3) is 0 Å². The van der Waals surface area contributed by atoms with Gasteiger partial charge < -0.3 is 50.5 Å². The van der Waals surface area contributed by atoms with Crippen LogP contribution in [0.25, 0.3) is 0 Å². The summed E-state index contributed by atoms with van der Waals surface area (Å²) in [6.45, 7) is 3.36. The number of rotatable bonds is 37. The van der Waals surface area contributed by atoms with E-state index in [1.54, 1.807) is 0 Å². The molecule has 322 valence electrons. The number of unbranched alkanes of at least 4 members (excludes halogenated alkanes) is 25. The van der Waals surface area contributed by atoms with Crippen LogP contribution in [0.5, 0.6) is 0 Å². The van der Waals surface area contributed by atoms with E-state index in [9.17, 15) is 40.5 Å². The molecule has 0 aromatic carbocycles. The quantitative estimate of drug-likeness (QED) is 0.0315. The molecule has 1 aliphatic heterocycles. The Morgan fingerprint density at radius 1 is 0.574 bits per heavy atom. The predicted octanol–water partition coefficient (Wildman–Crippen LogP) is 6.72. The Morgan fingerprint density at radius 2 is 0.963 bits per heavy atom. The fourth-order valence-electron chi connectivity index (χ4n) is 7.38. The lowest BCUT2D eigenvalue weighted by atomic mass is 9.98. The average molecular weight is 776 g/mol. The molecule has 9 atom stereocenters. The molecule has 0 aromatic rings. The monoisotopic (exact) mass is 776 g/mol. The molecule has 1 aliphatic rings. The highest BCUT2D eigenvalue weighted by Gasteiger charge is 2.44. The van der Waals surface area contributed by atoms with Crippen LogP contribution >= 0.6 is 0 Å². The third kappa shape index (κ3) is 24.0. The minimum atomic E-state index is -1.65. The highest BCUT2D eigenvalue weighted by atomic mass is 16.7. The fourth-order valence-corrected chi connectivity index (χ4v) is 7.38. The van der Waals surface area contributed by atoms with E-state index in [1.807, 2.05) is 0 Å². The molecule has 0 radical (unpaired) electrons. The molecule has 11 nitrogen and oxygen atoms in total. The predicted molar refractivity (Wildman–Crippen MR) is 215 cm³/mol. The van der Waals surface area contributed by atoms with Crippen LogP contribution in [0.1, 0.15) is 200 Å². The Labute approximate surface area is 329 Å². The smallest absolute Gasteiger partial charge is 0.249 e. The lowest BCUT2D eigenvalue weighted by molar-refractivity contribution is -0.303. The number of hydrogen-bond donors (Lipinski definition) is 8. The minimum Gasteiger partial charge on any atom is -0.394 e. The highest BCUT2D eigenvalue weighted by Crippen LogP contribution is 2.23. The second-order valence-corrected chi connectivity index (χ2v) is 16.1. The molecule has 0 aromatic heterocycles. The van der Waals surface area contributed by atoms with Crippen molar-refractivity contribution in [3.63, 3.8) is 0 Å². The van der Waals surface area contributed by atoms with Crippen molar-refractivity contribution in [1.82, 2.24) is 5.32 Å². The van der Waals surface area contributed by atoms with Crippen LogP contribution in [0.15, 0.2) is 0 Å². The van der Waals surface area contributed by atoms with Gasteiger partial charge in [0.15, 0.2) is 6.29 Å². The molecule has 1 amide bonds. The molecule has 0 aliphatic carbocycles. The van der Waals surface area contributed by atoms with Gasteiger partial charge in [-0.1, -0.05) is 187 Å².